The molecule has 57 heavy (non-hydrogen) atoms. The zero-order chi connectivity index (χ0) is 38.1. The first kappa shape index (κ1) is 33.2. The Morgan fingerprint density at radius 1 is 0.456 bits per heavy atom. The summed E-state index contributed by atoms with van der Waals surface area (Å²) in [5, 5.41) is 7.47. The Morgan fingerprint density at radius 3 is 1.61 bits per heavy atom. The predicted molar refractivity (Wildman–Crippen MR) is 243 cm³/mol. The van der Waals surface area contributed by atoms with Crippen LogP contribution >= 0.6 is 0 Å². The van der Waals surface area contributed by atoms with Crippen LogP contribution in [0.4, 0.5) is 17.1 Å². The van der Waals surface area contributed by atoms with Crippen molar-refractivity contribution in [3.8, 4) is 16.8 Å². The van der Waals surface area contributed by atoms with Crippen LogP contribution in [0, 0.1) is 0 Å². The lowest BCUT2D eigenvalue weighted by molar-refractivity contribution is 0.663. The van der Waals surface area contributed by atoms with Crippen LogP contribution in [-0.2, 0) is 5.41 Å². The standard InChI is InChI=1S/C55H40N2/c1-55(2)50-36-37(31-33-44(50)46-34-35-49-45-26-16-17-29-51(45)57(54(49)52(46)55)40-22-10-5-11-23-40)30-32-43-41-24-12-14-27-47(41)53(48-28-15-13-25-42(43)48)56(38-18-6-3-7-19-38)39-20-8-4-9-21-39/h3-36H,1-2H3. The SMILES string of the molecule is CC1(C)c2cc(C=Cc3c4ccccc4c(N(c4ccccc4)c4ccccc4)c4ccccc34)ccc2-c2ccc3c4ccccc4n(-c4ccccc4)c3c21. The molecule has 10 aromatic rings. The smallest absolute Gasteiger partial charge is 0.0618 e. The van der Waals surface area contributed by atoms with E-state index in [1.165, 1.54) is 88.1 Å². The molecular formula is C55H40N2. The van der Waals surface area contributed by atoms with Gasteiger partial charge in [0.05, 0.1) is 16.7 Å². The maximum Gasteiger partial charge on any atom is 0.0618 e. The van der Waals surface area contributed by atoms with Crippen LogP contribution in [0.5, 0.6) is 0 Å². The Morgan fingerprint density at radius 2 is 0.982 bits per heavy atom. The molecule has 1 aromatic heterocycles. The third kappa shape index (κ3) is 5.11. The zero-order valence-electron chi connectivity index (χ0n) is 32.0. The van der Waals surface area contributed by atoms with Crippen LogP contribution in [0.15, 0.2) is 194 Å². The van der Waals surface area contributed by atoms with Crippen LogP contribution in [0.2, 0.25) is 0 Å². The third-order valence-corrected chi connectivity index (χ3v) is 12.1. The lowest BCUT2D eigenvalue weighted by atomic mass is 9.81. The molecule has 1 heterocycles. The van der Waals surface area contributed by atoms with E-state index in [2.05, 4.69) is 230 Å². The van der Waals surface area contributed by atoms with E-state index in [4.69, 9.17) is 0 Å². The van der Waals surface area contributed by atoms with Gasteiger partial charge < -0.3 is 9.47 Å². The number of hydrogen-bond donors (Lipinski definition) is 0. The lowest BCUT2D eigenvalue weighted by Gasteiger charge is -2.29. The van der Waals surface area contributed by atoms with Gasteiger partial charge in [-0.3, -0.25) is 0 Å². The van der Waals surface area contributed by atoms with Gasteiger partial charge in [-0.2, -0.15) is 0 Å². The highest BCUT2D eigenvalue weighted by Crippen LogP contribution is 2.53. The van der Waals surface area contributed by atoms with Gasteiger partial charge in [0, 0.05) is 44.0 Å². The zero-order valence-corrected chi connectivity index (χ0v) is 32.0. The van der Waals surface area contributed by atoms with Gasteiger partial charge in [0.2, 0.25) is 0 Å². The maximum atomic E-state index is 2.48. The number of benzene rings is 9. The Balaban J connectivity index is 1.07. The average Bonchev–Trinajstić information content (AvgIpc) is 3.72. The van der Waals surface area contributed by atoms with E-state index >= 15 is 0 Å². The molecule has 0 radical (unpaired) electrons. The quantitative estimate of drug-likeness (QED) is 0.122. The largest absolute Gasteiger partial charge is 0.309 e. The topological polar surface area (TPSA) is 8.17 Å². The van der Waals surface area contributed by atoms with Gasteiger partial charge in [0.25, 0.3) is 0 Å². The van der Waals surface area contributed by atoms with E-state index in [0.29, 0.717) is 0 Å². The van der Waals surface area contributed by atoms with Crippen molar-refractivity contribution in [1.82, 2.24) is 4.57 Å². The molecule has 0 spiro atoms. The average molecular weight is 729 g/mol. The fraction of sp³-hybridized carbons (Fsp3) is 0.0545. The monoisotopic (exact) mass is 728 g/mol. The van der Waals surface area contributed by atoms with Gasteiger partial charge in [0.15, 0.2) is 0 Å². The predicted octanol–water partition coefficient (Wildman–Crippen LogP) is 15.0. The Labute approximate surface area is 333 Å². The van der Waals surface area contributed by atoms with Crippen LogP contribution < -0.4 is 4.90 Å². The summed E-state index contributed by atoms with van der Waals surface area (Å²) in [6, 6.07) is 70.6. The van der Waals surface area contributed by atoms with E-state index < -0.39 is 0 Å². The van der Waals surface area contributed by atoms with E-state index in [-0.39, 0.29) is 5.41 Å². The number of rotatable bonds is 6. The number of anilines is 3. The van der Waals surface area contributed by atoms with Gasteiger partial charge in [-0.1, -0.05) is 178 Å². The van der Waals surface area contributed by atoms with Crippen molar-refractivity contribution >= 4 is 72.6 Å². The van der Waals surface area contributed by atoms with Gasteiger partial charge in [-0.05, 0) is 86.6 Å². The number of nitrogens with zero attached hydrogens (tertiary/aromatic N) is 2. The molecule has 11 rings (SSSR count). The second-order valence-corrected chi connectivity index (χ2v) is 15.7. The molecule has 1 aliphatic carbocycles. The first-order valence-electron chi connectivity index (χ1n) is 19.9. The molecule has 0 fully saturated rings. The second kappa shape index (κ2) is 13.0. The minimum atomic E-state index is -0.214. The fourth-order valence-corrected chi connectivity index (χ4v) is 9.61. The van der Waals surface area contributed by atoms with Crippen LogP contribution in [0.25, 0.3) is 72.3 Å². The van der Waals surface area contributed by atoms with Crippen LogP contribution in [0.3, 0.4) is 0 Å². The summed E-state index contributed by atoms with van der Waals surface area (Å²) < 4.78 is 2.48. The minimum Gasteiger partial charge on any atom is -0.309 e. The van der Waals surface area contributed by atoms with Crippen molar-refractivity contribution in [3.63, 3.8) is 0 Å². The summed E-state index contributed by atoms with van der Waals surface area (Å²) in [6.07, 6.45) is 4.65. The highest BCUT2D eigenvalue weighted by molar-refractivity contribution is 6.19. The van der Waals surface area contributed by atoms with Crippen LogP contribution in [0.1, 0.15) is 36.1 Å². The Bertz CT molecular complexity index is 3090. The molecule has 270 valence electrons. The molecule has 0 saturated heterocycles. The summed E-state index contributed by atoms with van der Waals surface area (Å²) >= 11 is 0. The van der Waals surface area contributed by atoms with Crippen LogP contribution in [-0.4, -0.2) is 4.57 Å². The molecule has 2 heteroatoms. The van der Waals surface area contributed by atoms with Crippen molar-refractivity contribution in [2.75, 3.05) is 4.90 Å². The van der Waals surface area contributed by atoms with Gasteiger partial charge in [-0.15, -0.1) is 0 Å². The molecule has 2 nitrogen and oxygen atoms in total. The molecule has 0 unspecified atom stereocenters. The van der Waals surface area contributed by atoms with Gasteiger partial charge in [0.1, 0.15) is 0 Å². The molecule has 0 amide bonds. The molecule has 1 aliphatic rings. The second-order valence-electron chi connectivity index (χ2n) is 15.7. The Hall–Kier alpha value is -7.16. The summed E-state index contributed by atoms with van der Waals surface area (Å²) in [7, 11) is 0. The fourth-order valence-electron chi connectivity index (χ4n) is 9.61. The van der Waals surface area contributed by atoms with Gasteiger partial charge >= 0.3 is 0 Å². The molecule has 0 aliphatic heterocycles. The van der Waals surface area contributed by atoms with Crippen molar-refractivity contribution in [3.05, 3.63) is 216 Å². The molecule has 0 atom stereocenters. The highest BCUT2D eigenvalue weighted by atomic mass is 15.1. The minimum absolute atomic E-state index is 0.214. The Kier molecular flexibility index (Phi) is 7.55. The van der Waals surface area contributed by atoms with E-state index in [1.807, 2.05) is 0 Å². The highest BCUT2D eigenvalue weighted by Gasteiger charge is 2.38. The summed E-state index contributed by atoms with van der Waals surface area (Å²) in [6.45, 7) is 4.81. The summed E-state index contributed by atoms with van der Waals surface area (Å²) in [4.78, 5) is 2.41. The normalized spacial score (nSPS) is 13.2. The number of aromatic nitrogens is 1. The van der Waals surface area contributed by atoms with E-state index in [9.17, 15) is 0 Å². The number of fused-ring (bicyclic) bond motifs is 9. The van der Waals surface area contributed by atoms with Crippen molar-refractivity contribution in [1.29, 1.82) is 0 Å². The molecule has 9 aromatic carbocycles. The lowest BCUT2D eigenvalue weighted by Crippen LogP contribution is -2.16. The molecule has 0 saturated carbocycles. The third-order valence-electron chi connectivity index (χ3n) is 12.1. The van der Waals surface area contributed by atoms with E-state index in [1.54, 1.807) is 0 Å². The van der Waals surface area contributed by atoms with Crippen molar-refractivity contribution < 1.29 is 0 Å². The van der Waals surface area contributed by atoms with Crippen molar-refractivity contribution in [2.45, 2.75) is 19.3 Å². The van der Waals surface area contributed by atoms with E-state index in [0.717, 1.165) is 11.4 Å². The van der Waals surface area contributed by atoms with Crippen molar-refractivity contribution in [2.24, 2.45) is 0 Å². The van der Waals surface area contributed by atoms with Gasteiger partial charge in [-0.25, -0.2) is 0 Å². The summed E-state index contributed by atoms with van der Waals surface area (Å²) in [5.41, 5.74) is 14.8. The summed E-state index contributed by atoms with van der Waals surface area (Å²) in [5.74, 6) is 0. The molecular weight excluding hydrogens is 689 g/mol. The molecule has 0 N–H and O–H groups in total. The number of para-hydroxylation sites is 4. The molecule has 0 bridgehead atoms. The maximum absolute atomic E-state index is 2.48. The first-order valence-corrected chi connectivity index (χ1v) is 19.9. The number of hydrogen-bond acceptors (Lipinski definition) is 1. The first-order chi connectivity index (χ1) is 28.1.